The number of carbonyl (C=O) groups is 1. The number of thiazole rings is 1. The van der Waals surface area contributed by atoms with Crippen LogP contribution in [0.5, 0.6) is 0 Å². The molecule has 1 heterocycles. The van der Waals surface area contributed by atoms with Crippen molar-refractivity contribution in [1.29, 1.82) is 0 Å². The third-order valence-electron chi connectivity index (χ3n) is 2.19. The minimum absolute atomic E-state index is 0.0102. The smallest absolute Gasteiger partial charge is 0.356 e. The van der Waals surface area contributed by atoms with Crippen molar-refractivity contribution in [2.24, 2.45) is 0 Å². The normalized spacial score (nSPS) is 10.4. The van der Waals surface area contributed by atoms with Gasteiger partial charge in [-0.05, 0) is 30.2 Å². The Morgan fingerprint density at radius 2 is 2.25 bits per heavy atom. The lowest BCUT2D eigenvalue weighted by atomic mass is 10.1. The number of hydrogen-bond donors (Lipinski definition) is 1. The number of aryl methyl sites for hydroxylation is 1. The number of aromatic nitrogens is 1. The van der Waals surface area contributed by atoms with Crippen molar-refractivity contribution in [2.75, 3.05) is 0 Å². The molecule has 3 nitrogen and oxygen atoms in total. The zero-order valence-electron chi connectivity index (χ0n) is 8.40. The molecule has 0 amide bonds. The van der Waals surface area contributed by atoms with Crippen LogP contribution in [0.3, 0.4) is 0 Å². The molecule has 0 saturated carbocycles. The minimum Gasteiger partial charge on any atom is -0.476 e. The van der Waals surface area contributed by atoms with Gasteiger partial charge < -0.3 is 5.11 Å². The molecule has 0 unspecified atom stereocenters. The zero-order valence-corrected chi connectivity index (χ0v) is 9.21. The topological polar surface area (TPSA) is 50.2 Å². The molecule has 5 heteroatoms. The van der Waals surface area contributed by atoms with E-state index in [1.165, 1.54) is 22.9 Å². The highest BCUT2D eigenvalue weighted by molar-refractivity contribution is 7.13. The fourth-order valence-corrected chi connectivity index (χ4v) is 2.17. The molecule has 82 valence electrons. The van der Waals surface area contributed by atoms with Crippen LogP contribution >= 0.6 is 11.3 Å². The summed E-state index contributed by atoms with van der Waals surface area (Å²) in [6, 6.07) is 4.51. The predicted molar refractivity (Wildman–Crippen MR) is 59.2 cm³/mol. The van der Waals surface area contributed by atoms with Crippen molar-refractivity contribution in [3.05, 3.63) is 40.8 Å². The van der Waals surface area contributed by atoms with E-state index < -0.39 is 5.97 Å². The third-order valence-corrected chi connectivity index (χ3v) is 3.07. The number of nitrogens with zero attached hydrogens (tertiary/aromatic N) is 1. The molecule has 0 aliphatic carbocycles. The summed E-state index contributed by atoms with van der Waals surface area (Å²) in [6.45, 7) is 1.64. The summed E-state index contributed by atoms with van der Waals surface area (Å²) in [5.41, 5.74) is 2.65. The van der Waals surface area contributed by atoms with Gasteiger partial charge in [0.1, 0.15) is 5.82 Å². The summed E-state index contributed by atoms with van der Waals surface area (Å²) in [5, 5.41) is 8.91. The standard InChI is InChI=1S/C11H8FNO2S/c1-6-4-7(2-3-8(6)12)10-9(11(14)15)13-5-16-10/h2-5H,1H3,(H,14,15). The first-order valence-electron chi connectivity index (χ1n) is 4.53. The van der Waals surface area contributed by atoms with Crippen LogP contribution in [0.1, 0.15) is 16.1 Å². The van der Waals surface area contributed by atoms with E-state index in [1.54, 1.807) is 19.1 Å². The maximum absolute atomic E-state index is 13.1. The average Bonchev–Trinajstić information content (AvgIpc) is 2.71. The van der Waals surface area contributed by atoms with Crippen LogP contribution in [0.2, 0.25) is 0 Å². The lowest BCUT2D eigenvalue weighted by molar-refractivity contribution is 0.0692. The Morgan fingerprint density at radius 1 is 1.50 bits per heavy atom. The summed E-state index contributed by atoms with van der Waals surface area (Å²) in [7, 11) is 0. The fraction of sp³-hybridized carbons (Fsp3) is 0.0909. The fourth-order valence-electron chi connectivity index (χ4n) is 1.39. The maximum atomic E-state index is 13.1. The molecular formula is C11H8FNO2S. The van der Waals surface area contributed by atoms with E-state index in [-0.39, 0.29) is 11.5 Å². The van der Waals surface area contributed by atoms with E-state index >= 15 is 0 Å². The molecule has 16 heavy (non-hydrogen) atoms. The first kappa shape index (κ1) is 10.8. The Bertz CT molecular complexity index is 551. The summed E-state index contributed by atoms with van der Waals surface area (Å²) >= 11 is 1.23. The molecule has 2 rings (SSSR count). The van der Waals surface area contributed by atoms with E-state index in [0.29, 0.717) is 16.0 Å². The maximum Gasteiger partial charge on any atom is 0.356 e. The molecular weight excluding hydrogens is 229 g/mol. The van der Waals surface area contributed by atoms with Gasteiger partial charge in [-0.3, -0.25) is 0 Å². The van der Waals surface area contributed by atoms with Gasteiger partial charge in [-0.15, -0.1) is 11.3 Å². The van der Waals surface area contributed by atoms with Crippen LogP contribution in [0.25, 0.3) is 10.4 Å². The van der Waals surface area contributed by atoms with Crippen LogP contribution in [-0.2, 0) is 0 Å². The van der Waals surface area contributed by atoms with Crippen molar-refractivity contribution >= 4 is 17.3 Å². The second-order valence-corrected chi connectivity index (χ2v) is 4.15. The van der Waals surface area contributed by atoms with Crippen molar-refractivity contribution in [2.45, 2.75) is 6.92 Å². The van der Waals surface area contributed by atoms with Gasteiger partial charge in [-0.1, -0.05) is 6.07 Å². The molecule has 2 aromatic rings. The lowest BCUT2D eigenvalue weighted by Gasteiger charge is -2.01. The minimum atomic E-state index is -1.07. The molecule has 1 aromatic heterocycles. The molecule has 0 aliphatic heterocycles. The summed E-state index contributed by atoms with van der Waals surface area (Å²) in [5.74, 6) is -1.37. The highest BCUT2D eigenvalue weighted by Crippen LogP contribution is 2.28. The number of halogens is 1. The number of carboxylic acid groups (broad SMARTS) is 1. The predicted octanol–water partition coefficient (Wildman–Crippen LogP) is 2.96. The van der Waals surface area contributed by atoms with Gasteiger partial charge in [0.05, 0.1) is 10.4 Å². The molecule has 0 saturated heterocycles. The number of rotatable bonds is 2. The Balaban J connectivity index is 2.54. The molecule has 1 aromatic carbocycles. The highest BCUT2D eigenvalue weighted by atomic mass is 32.1. The summed E-state index contributed by atoms with van der Waals surface area (Å²) in [6.07, 6.45) is 0. The number of benzene rings is 1. The van der Waals surface area contributed by atoms with Crippen LogP contribution in [0.15, 0.2) is 23.7 Å². The Labute approximate surface area is 95.2 Å². The van der Waals surface area contributed by atoms with E-state index in [9.17, 15) is 9.18 Å². The van der Waals surface area contributed by atoms with Gasteiger partial charge in [-0.2, -0.15) is 0 Å². The molecule has 1 N–H and O–H groups in total. The Hall–Kier alpha value is -1.75. The molecule has 0 fully saturated rings. The van der Waals surface area contributed by atoms with E-state index in [1.807, 2.05) is 0 Å². The Morgan fingerprint density at radius 3 is 2.88 bits per heavy atom. The van der Waals surface area contributed by atoms with E-state index in [4.69, 9.17) is 5.11 Å². The zero-order chi connectivity index (χ0) is 11.7. The quantitative estimate of drug-likeness (QED) is 0.873. The van der Waals surface area contributed by atoms with Gasteiger partial charge >= 0.3 is 5.97 Å². The molecule has 0 spiro atoms. The van der Waals surface area contributed by atoms with E-state index in [0.717, 1.165) is 0 Å². The van der Waals surface area contributed by atoms with Crippen molar-refractivity contribution < 1.29 is 14.3 Å². The number of aromatic carboxylic acids is 1. The largest absolute Gasteiger partial charge is 0.476 e. The van der Waals surface area contributed by atoms with Crippen LogP contribution < -0.4 is 0 Å². The number of hydrogen-bond acceptors (Lipinski definition) is 3. The van der Waals surface area contributed by atoms with Gasteiger partial charge in [-0.25, -0.2) is 14.2 Å². The lowest BCUT2D eigenvalue weighted by Crippen LogP contribution is -1.98. The van der Waals surface area contributed by atoms with Crippen molar-refractivity contribution in [1.82, 2.24) is 4.98 Å². The molecule has 0 bridgehead atoms. The molecule has 0 aliphatic rings. The van der Waals surface area contributed by atoms with Crippen molar-refractivity contribution in [3.8, 4) is 10.4 Å². The van der Waals surface area contributed by atoms with Gasteiger partial charge in [0, 0.05) is 0 Å². The summed E-state index contributed by atoms with van der Waals surface area (Å²) < 4.78 is 13.1. The highest BCUT2D eigenvalue weighted by Gasteiger charge is 2.15. The van der Waals surface area contributed by atoms with Crippen LogP contribution in [0.4, 0.5) is 4.39 Å². The third kappa shape index (κ3) is 1.81. The second kappa shape index (κ2) is 4.02. The SMILES string of the molecule is Cc1cc(-c2scnc2C(=O)O)ccc1F. The van der Waals surface area contributed by atoms with Crippen molar-refractivity contribution in [3.63, 3.8) is 0 Å². The monoisotopic (exact) mass is 237 g/mol. The van der Waals surface area contributed by atoms with Crippen LogP contribution in [0, 0.1) is 12.7 Å². The number of carboxylic acids is 1. The van der Waals surface area contributed by atoms with Gasteiger partial charge in [0.15, 0.2) is 5.69 Å². The van der Waals surface area contributed by atoms with Gasteiger partial charge in [0.2, 0.25) is 0 Å². The first-order chi connectivity index (χ1) is 7.59. The summed E-state index contributed by atoms with van der Waals surface area (Å²) in [4.78, 5) is 15.2. The van der Waals surface area contributed by atoms with E-state index in [2.05, 4.69) is 4.98 Å². The molecule has 0 radical (unpaired) electrons. The van der Waals surface area contributed by atoms with Gasteiger partial charge in [0.25, 0.3) is 0 Å². The molecule has 0 atom stereocenters. The average molecular weight is 237 g/mol. The Kier molecular flexibility index (Phi) is 2.70. The van der Waals surface area contributed by atoms with Crippen LogP contribution in [-0.4, -0.2) is 16.1 Å². The first-order valence-corrected chi connectivity index (χ1v) is 5.41. The second-order valence-electron chi connectivity index (χ2n) is 3.30.